The first-order valence-corrected chi connectivity index (χ1v) is 7.79. The van der Waals surface area contributed by atoms with Crippen LogP contribution in [0.2, 0.25) is 0 Å². The maximum Gasteiger partial charge on any atom is 0.335 e. The number of aromatic carboxylic acids is 1. The van der Waals surface area contributed by atoms with Crippen molar-refractivity contribution >= 4 is 11.7 Å². The molecule has 3 nitrogen and oxygen atoms in total. The van der Waals surface area contributed by atoms with Gasteiger partial charge in [-0.1, -0.05) is 50.8 Å². The second-order valence-corrected chi connectivity index (χ2v) is 4.77. The molecule has 0 radical (unpaired) electrons. The van der Waals surface area contributed by atoms with Gasteiger partial charge >= 0.3 is 5.97 Å². The third-order valence-corrected chi connectivity index (χ3v) is 3.32. The molecule has 1 N–H and O–H groups in total. The van der Waals surface area contributed by atoms with Crippen LogP contribution in [-0.2, 0) is 4.74 Å². The first-order valence-electron chi connectivity index (χ1n) is 7.79. The predicted octanol–water partition coefficient (Wildman–Crippen LogP) is 5.39. The minimum absolute atomic E-state index is 0.290. The summed E-state index contributed by atoms with van der Waals surface area (Å²) in [4.78, 5) is 11.1. The lowest BCUT2D eigenvalue weighted by molar-refractivity contribution is 0.0697. The van der Waals surface area contributed by atoms with Crippen LogP contribution < -0.4 is 0 Å². The molecule has 0 atom stereocenters. The Labute approximate surface area is 138 Å². The highest BCUT2D eigenvalue weighted by Crippen LogP contribution is 2.26. The van der Waals surface area contributed by atoms with Crippen molar-refractivity contribution in [2.45, 2.75) is 27.7 Å². The van der Waals surface area contributed by atoms with Crippen LogP contribution in [0.15, 0.2) is 49.0 Å². The number of hydrogen-bond donors (Lipinski definition) is 1. The molecular weight excluding hydrogens is 288 g/mol. The van der Waals surface area contributed by atoms with Crippen LogP contribution in [-0.4, -0.2) is 17.7 Å². The van der Waals surface area contributed by atoms with E-state index in [9.17, 15) is 4.79 Å². The Kier molecular flexibility index (Phi) is 7.07. The molecular formula is C20H24O3. The summed E-state index contributed by atoms with van der Waals surface area (Å²) in [6, 6.07) is 12.9. The molecule has 2 aromatic carbocycles. The summed E-state index contributed by atoms with van der Waals surface area (Å²) in [5.74, 6) is -0.280. The second-order valence-electron chi connectivity index (χ2n) is 4.77. The van der Waals surface area contributed by atoms with E-state index in [0.29, 0.717) is 17.9 Å². The standard InChI is InChI=1S/C18H18O3.C2H6/c1-4-21-13(3)14-7-9-15(10-8-14)17-11-16(18(19)20)6-5-12(17)2;1-2/h5-11H,3-4H2,1-2H3,(H,19,20);1-2H3. The molecule has 0 aliphatic carbocycles. The van der Waals surface area contributed by atoms with Gasteiger partial charge in [-0.2, -0.15) is 0 Å². The molecule has 2 rings (SSSR count). The number of carbonyl (C=O) groups is 1. The molecule has 0 aliphatic rings. The van der Waals surface area contributed by atoms with Gasteiger partial charge in [0.05, 0.1) is 12.2 Å². The maximum absolute atomic E-state index is 11.1. The van der Waals surface area contributed by atoms with Gasteiger partial charge in [-0.05, 0) is 42.7 Å². The van der Waals surface area contributed by atoms with E-state index >= 15 is 0 Å². The minimum atomic E-state index is -0.919. The van der Waals surface area contributed by atoms with Crippen molar-refractivity contribution in [1.29, 1.82) is 0 Å². The molecule has 0 heterocycles. The summed E-state index contributed by atoms with van der Waals surface area (Å²) in [7, 11) is 0. The average Bonchev–Trinajstić information content (AvgIpc) is 2.57. The Bertz CT molecular complexity index is 670. The topological polar surface area (TPSA) is 46.5 Å². The molecule has 0 unspecified atom stereocenters. The lowest BCUT2D eigenvalue weighted by atomic mass is 9.97. The van der Waals surface area contributed by atoms with Crippen molar-refractivity contribution in [2.75, 3.05) is 6.61 Å². The Morgan fingerprint density at radius 2 is 1.65 bits per heavy atom. The Morgan fingerprint density at radius 3 is 2.17 bits per heavy atom. The predicted molar refractivity (Wildman–Crippen MR) is 95.6 cm³/mol. The number of rotatable bonds is 5. The van der Waals surface area contributed by atoms with E-state index in [4.69, 9.17) is 9.84 Å². The lowest BCUT2D eigenvalue weighted by Crippen LogP contribution is -1.97. The van der Waals surface area contributed by atoms with Crippen molar-refractivity contribution in [3.8, 4) is 11.1 Å². The third kappa shape index (κ3) is 4.71. The molecule has 122 valence electrons. The normalized spacial score (nSPS) is 9.57. The molecule has 23 heavy (non-hydrogen) atoms. The Hall–Kier alpha value is -2.55. The van der Waals surface area contributed by atoms with Crippen molar-refractivity contribution in [3.63, 3.8) is 0 Å². The largest absolute Gasteiger partial charge is 0.494 e. The molecule has 0 saturated carbocycles. The number of aryl methyl sites for hydroxylation is 1. The zero-order valence-corrected chi connectivity index (χ0v) is 14.2. The highest BCUT2D eigenvalue weighted by atomic mass is 16.5. The number of carboxylic acids is 1. The summed E-state index contributed by atoms with van der Waals surface area (Å²) < 4.78 is 5.38. The van der Waals surface area contributed by atoms with Crippen molar-refractivity contribution in [1.82, 2.24) is 0 Å². The summed E-state index contributed by atoms with van der Waals surface area (Å²) in [6.45, 7) is 12.3. The molecule has 0 aliphatic heterocycles. The van der Waals surface area contributed by atoms with Gasteiger partial charge in [0.15, 0.2) is 0 Å². The smallest absolute Gasteiger partial charge is 0.335 e. The van der Waals surface area contributed by atoms with Gasteiger partial charge in [-0.15, -0.1) is 0 Å². The third-order valence-electron chi connectivity index (χ3n) is 3.32. The van der Waals surface area contributed by atoms with Gasteiger partial charge in [0.2, 0.25) is 0 Å². The van der Waals surface area contributed by atoms with E-state index in [1.165, 1.54) is 0 Å². The number of hydrogen-bond acceptors (Lipinski definition) is 2. The van der Waals surface area contributed by atoms with Gasteiger partial charge in [0.25, 0.3) is 0 Å². The zero-order chi connectivity index (χ0) is 17.4. The summed E-state index contributed by atoms with van der Waals surface area (Å²) in [5.41, 5.74) is 4.15. The second kappa shape index (κ2) is 8.79. The van der Waals surface area contributed by atoms with Crippen LogP contribution in [0.1, 0.15) is 42.3 Å². The first-order chi connectivity index (χ1) is 11.0. The molecule has 0 fully saturated rings. The SMILES string of the molecule is C=C(OCC)c1ccc(-c2cc(C(=O)O)ccc2C)cc1.CC. The quantitative estimate of drug-likeness (QED) is 0.752. The van der Waals surface area contributed by atoms with Crippen LogP contribution in [0.4, 0.5) is 0 Å². The van der Waals surface area contributed by atoms with E-state index in [1.807, 2.05) is 58.0 Å². The van der Waals surface area contributed by atoms with Crippen LogP contribution in [0.5, 0.6) is 0 Å². The fourth-order valence-electron chi connectivity index (χ4n) is 2.16. The molecule has 3 heteroatoms. The number of ether oxygens (including phenoxy) is 1. The van der Waals surface area contributed by atoms with Crippen LogP contribution in [0.3, 0.4) is 0 Å². The van der Waals surface area contributed by atoms with Gasteiger partial charge < -0.3 is 9.84 Å². The summed E-state index contributed by atoms with van der Waals surface area (Å²) in [5, 5.41) is 9.09. The first kappa shape index (κ1) is 18.5. The highest BCUT2D eigenvalue weighted by Gasteiger charge is 2.08. The highest BCUT2D eigenvalue weighted by molar-refractivity contribution is 5.90. The van der Waals surface area contributed by atoms with Crippen molar-refractivity contribution < 1.29 is 14.6 Å². The van der Waals surface area contributed by atoms with E-state index in [1.54, 1.807) is 12.1 Å². The summed E-state index contributed by atoms with van der Waals surface area (Å²) in [6.07, 6.45) is 0. The molecule has 0 saturated heterocycles. The fraction of sp³-hybridized carbons (Fsp3) is 0.250. The molecule has 0 spiro atoms. The lowest BCUT2D eigenvalue weighted by Gasteiger charge is -2.10. The van der Waals surface area contributed by atoms with E-state index < -0.39 is 5.97 Å². The average molecular weight is 312 g/mol. The monoisotopic (exact) mass is 312 g/mol. The maximum atomic E-state index is 11.1. The molecule has 0 bridgehead atoms. The van der Waals surface area contributed by atoms with Gasteiger partial charge in [0, 0.05) is 5.56 Å². The van der Waals surface area contributed by atoms with Crippen molar-refractivity contribution in [2.24, 2.45) is 0 Å². The van der Waals surface area contributed by atoms with Crippen LogP contribution in [0.25, 0.3) is 16.9 Å². The Balaban J connectivity index is 0.00000127. The zero-order valence-electron chi connectivity index (χ0n) is 14.2. The molecule has 0 aromatic heterocycles. The van der Waals surface area contributed by atoms with Crippen LogP contribution in [0, 0.1) is 6.92 Å². The van der Waals surface area contributed by atoms with E-state index in [-0.39, 0.29) is 0 Å². The van der Waals surface area contributed by atoms with Crippen LogP contribution >= 0.6 is 0 Å². The number of carboxylic acid groups (broad SMARTS) is 1. The minimum Gasteiger partial charge on any atom is -0.494 e. The fourth-order valence-corrected chi connectivity index (χ4v) is 2.16. The van der Waals surface area contributed by atoms with Crippen molar-refractivity contribution in [3.05, 3.63) is 65.7 Å². The van der Waals surface area contributed by atoms with E-state index in [2.05, 4.69) is 6.58 Å². The molecule has 2 aromatic rings. The van der Waals surface area contributed by atoms with Gasteiger partial charge in [-0.25, -0.2) is 4.79 Å². The summed E-state index contributed by atoms with van der Waals surface area (Å²) >= 11 is 0. The van der Waals surface area contributed by atoms with E-state index in [0.717, 1.165) is 22.3 Å². The molecule has 0 amide bonds. The Morgan fingerprint density at radius 1 is 1.09 bits per heavy atom. The number of benzene rings is 2. The van der Waals surface area contributed by atoms with Gasteiger partial charge in [0.1, 0.15) is 5.76 Å². The van der Waals surface area contributed by atoms with Gasteiger partial charge in [-0.3, -0.25) is 0 Å².